The molecular formula is C11H16BrN3O2. The molecule has 1 aromatic heterocycles. The second-order valence-corrected chi connectivity index (χ2v) is 4.28. The molecule has 0 bridgehead atoms. The van der Waals surface area contributed by atoms with Crippen LogP contribution in [-0.2, 0) is 9.53 Å². The number of hydrogen-bond donors (Lipinski definition) is 0. The molecule has 0 spiro atoms. The van der Waals surface area contributed by atoms with E-state index >= 15 is 0 Å². The average Bonchev–Trinajstić information content (AvgIpc) is 2.29. The minimum absolute atomic E-state index is 0.206. The summed E-state index contributed by atoms with van der Waals surface area (Å²) in [6.45, 7) is 5.19. The summed E-state index contributed by atoms with van der Waals surface area (Å²) < 4.78 is 5.72. The van der Waals surface area contributed by atoms with Crippen LogP contribution in [0.15, 0.2) is 17.0 Å². The molecule has 0 aromatic carbocycles. The van der Waals surface area contributed by atoms with Gasteiger partial charge in [0.25, 0.3) is 0 Å². The van der Waals surface area contributed by atoms with Crippen LogP contribution in [0.1, 0.15) is 20.3 Å². The minimum Gasteiger partial charge on any atom is -0.465 e. The Morgan fingerprint density at radius 1 is 1.53 bits per heavy atom. The molecule has 0 atom stereocenters. The van der Waals surface area contributed by atoms with Crippen molar-refractivity contribution in [1.82, 2.24) is 9.97 Å². The van der Waals surface area contributed by atoms with E-state index in [-0.39, 0.29) is 12.5 Å². The highest BCUT2D eigenvalue weighted by Gasteiger charge is 2.15. The molecule has 1 heterocycles. The van der Waals surface area contributed by atoms with Crippen LogP contribution >= 0.6 is 15.9 Å². The Balaban J connectivity index is 2.78. The van der Waals surface area contributed by atoms with Gasteiger partial charge in [-0.25, -0.2) is 9.97 Å². The van der Waals surface area contributed by atoms with Crippen molar-refractivity contribution < 1.29 is 9.53 Å². The molecule has 0 aliphatic heterocycles. The molecule has 0 unspecified atom stereocenters. The third kappa shape index (κ3) is 4.30. The highest BCUT2D eigenvalue weighted by Crippen LogP contribution is 2.21. The molecule has 0 aliphatic carbocycles. The third-order valence-electron chi connectivity index (χ3n) is 2.07. The molecular weight excluding hydrogens is 286 g/mol. The lowest BCUT2D eigenvalue weighted by atomic mass is 10.4. The zero-order chi connectivity index (χ0) is 12.7. The summed E-state index contributed by atoms with van der Waals surface area (Å²) >= 11 is 3.38. The van der Waals surface area contributed by atoms with Crippen molar-refractivity contribution in [3.05, 3.63) is 17.0 Å². The highest BCUT2D eigenvalue weighted by molar-refractivity contribution is 9.10. The van der Waals surface area contributed by atoms with Gasteiger partial charge in [0, 0.05) is 12.7 Å². The lowest BCUT2D eigenvalue weighted by Gasteiger charge is -2.22. The zero-order valence-corrected chi connectivity index (χ0v) is 11.6. The molecule has 94 valence electrons. The maximum atomic E-state index is 11.5. The Morgan fingerprint density at radius 3 is 2.88 bits per heavy atom. The fraction of sp³-hybridized carbons (Fsp3) is 0.545. The molecule has 1 aromatic rings. The van der Waals surface area contributed by atoms with Gasteiger partial charge in [0.2, 0.25) is 0 Å². The van der Waals surface area contributed by atoms with E-state index in [2.05, 4.69) is 25.9 Å². The lowest BCUT2D eigenvalue weighted by Crippen LogP contribution is -2.32. The second-order valence-electron chi connectivity index (χ2n) is 3.42. The van der Waals surface area contributed by atoms with E-state index in [9.17, 15) is 4.79 Å². The first-order chi connectivity index (χ1) is 8.19. The first kappa shape index (κ1) is 13.9. The topological polar surface area (TPSA) is 55.3 Å². The molecule has 0 saturated carbocycles. The SMILES string of the molecule is CCCN(CC(=O)OCC)c1ncncc1Br. The van der Waals surface area contributed by atoms with Crippen LogP contribution in [0.4, 0.5) is 5.82 Å². The van der Waals surface area contributed by atoms with Gasteiger partial charge in [-0.2, -0.15) is 0 Å². The van der Waals surface area contributed by atoms with Crippen LogP contribution < -0.4 is 4.90 Å². The molecule has 0 saturated heterocycles. The van der Waals surface area contributed by atoms with E-state index < -0.39 is 0 Å². The van der Waals surface area contributed by atoms with Gasteiger partial charge in [-0.3, -0.25) is 4.79 Å². The Labute approximate surface area is 109 Å². The van der Waals surface area contributed by atoms with Crippen LogP contribution in [-0.4, -0.2) is 35.6 Å². The molecule has 0 aliphatic rings. The van der Waals surface area contributed by atoms with Gasteiger partial charge in [-0.15, -0.1) is 0 Å². The summed E-state index contributed by atoms with van der Waals surface area (Å²) in [5, 5.41) is 0. The maximum Gasteiger partial charge on any atom is 0.325 e. The summed E-state index contributed by atoms with van der Waals surface area (Å²) in [4.78, 5) is 21.4. The summed E-state index contributed by atoms with van der Waals surface area (Å²) in [7, 11) is 0. The Hall–Kier alpha value is -1.17. The van der Waals surface area contributed by atoms with Crippen molar-refractivity contribution in [2.24, 2.45) is 0 Å². The van der Waals surface area contributed by atoms with Crippen molar-refractivity contribution >= 4 is 27.7 Å². The summed E-state index contributed by atoms with van der Waals surface area (Å²) in [5.41, 5.74) is 0. The molecule has 6 heteroatoms. The van der Waals surface area contributed by atoms with Gasteiger partial charge in [0.05, 0.1) is 11.1 Å². The molecule has 0 fully saturated rings. The fourth-order valence-corrected chi connectivity index (χ4v) is 1.90. The Kier molecular flexibility index (Phi) is 5.90. The van der Waals surface area contributed by atoms with E-state index in [0.29, 0.717) is 6.61 Å². The van der Waals surface area contributed by atoms with Gasteiger partial charge in [-0.1, -0.05) is 6.92 Å². The van der Waals surface area contributed by atoms with Crippen LogP contribution in [0.3, 0.4) is 0 Å². The molecule has 0 N–H and O–H groups in total. The summed E-state index contributed by atoms with van der Waals surface area (Å²) in [5.74, 6) is 0.473. The predicted octanol–water partition coefficient (Wildman–Crippen LogP) is 2.02. The largest absolute Gasteiger partial charge is 0.465 e. The summed E-state index contributed by atoms with van der Waals surface area (Å²) in [6.07, 6.45) is 4.06. The molecule has 0 amide bonds. The second kappa shape index (κ2) is 7.21. The smallest absolute Gasteiger partial charge is 0.325 e. The Morgan fingerprint density at radius 2 is 2.29 bits per heavy atom. The van der Waals surface area contributed by atoms with Gasteiger partial charge in [0.15, 0.2) is 0 Å². The molecule has 1 rings (SSSR count). The normalized spacial score (nSPS) is 10.1. The minimum atomic E-state index is -0.244. The van der Waals surface area contributed by atoms with Crippen molar-refractivity contribution in [3.8, 4) is 0 Å². The number of carbonyl (C=O) groups excluding carboxylic acids is 1. The van der Waals surface area contributed by atoms with Crippen LogP contribution in [0, 0.1) is 0 Å². The number of aromatic nitrogens is 2. The summed E-state index contributed by atoms with van der Waals surface area (Å²) in [6, 6.07) is 0. The molecule has 0 radical (unpaired) electrons. The first-order valence-corrected chi connectivity index (χ1v) is 6.34. The van der Waals surface area contributed by atoms with Crippen LogP contribution in [0.2, 0.25) is 0 Å². The predicted molar refractivity (Wildman–Crippen MR) is 68.9 cm³/mol. The van der Waals surface area contributed by atoms with Gasteiger partial charge < -0.3 is 9.64 Å². The number of nitrogens with zero attached hydrogens (tertiary/aromatic N) is 3. The highest BCUT2D eigenvalue weighted by atomic mass is 79.9. The number of anilines is 1. The first-order valence-electron chi connectivity index (χ1n) is 5.55. The van der Waals surface area contributed by atoms with E-state index in [1.165, 1.54) is 6.33 Å². The molecule has 17 heavy (non-hydrogen) atoms. The standard InChI is InChI=1S/C11H16BrN3O2/c1-3-5-15(7-10(16)17-4-2)11-9(12)6-13-8-14-11/h6,8H,3-5,7H2,1-2H3. The number of halogens is 1. The average molecular weight is 302 g/mol. The lowest BCUT2D eigenvalue weighted by molar-refractivity contribution is -0.141. The third-order valence-corrected chi connectivity index (χ3v) is 2.63. The van der Waals surface area contributed by atoms with Crippen LogP contribution in [0.25, 0.3) is 0 Å². The number of carbonyl (C=O) groups is 1. The van der Waals surface area contributed by atoms with E-state index in [1.54, 1.807) is 13.1 Å². The van der Waals surface area contributed by atoms with Crippen molar-refractivity contribution in [2.75, 3.05) is 24.6 Å². The number of rotatable bonds is 6. The number of esters is 1. The van der Waals surface area contributed by atoms with Gasteiger partial charge in [-0.05, 0) is 29.3 Å². The van der Waals surface area contributed by atoms with Gasteiger partial charge in [0.1, 0.15) is 18.7 Å². The number of hydrogen-bond acceptors (Lipinski definition) is 5. The van der Waals surface area contributed by atoms with Crippen LogP contribution in [0.5, 0.6) is 0 Å². The fourth-order valence-electron chi connectivity index (χ4n) is 1.43. The number of ether oxygens (including phenoxy) is 1. The maximum absolute atomic E-state index is 11.5. The van der Waals surface area contributed by atoms with Gasteiger partial charge >= 0.3 is 5.97 Å². The Bertz CT molecular complexity index is 373. The van der Waals surface area contributed by atoms with E-state index in [1.807, 2.05) is 11.8 Å². The van der Waals surface area contributed by atoms with E-state index in [0.717, 1.165) is 23.3 Å². The quantitative estimate of drug-likeness (QED) is 0.753. The van der Waals surface area contributed by atoms with Crippen molar-refractivity contribution in [3.63, 3.8) is 0 Å². The molecule has 5 nitrogen and oxygen atoms in total. The van der Waals surface area contributed by atoms with Crippen molar-refractivity contribution in [1.29, 1.82) is 0 Å². The van der Waals surface area contributed by atoms with Crippen molar-refractivity contribution in [2.45, 2.75) is 20.3 Å². The monoisotopic (exact) mass is 301 g/mol. The van der Waals surface area contributed by atoms with E-state index in [4.69, 9.17) is 4.74 Å². The zero-order valence-electron chi connectivity index (χ0n) is 10.0.